The Kier molecular flexibility index (Phi) is 2.86. The van der Waals surface area contributed by atoms with Gasteiger partial charge in [0.15, 0.2) is 5.82 Å². The third kappa shape index (κ3) is 2.10. The minimum absolute atomic E-state index is 0.182. The SMILES string of the molecule is CCOC(=O)Cn1cnc2c1COCN2. The van der Waals surface area contributed by atoms with Crippen molar-refractivity contribution in [1.29, 1.82) is 0 Å². The third-order valence-electron chi connectivity index (χ3n) is 2.13. The van der Waals surface area contributed by atoms with E-state index in [0.29, 0.717) is 19.9 Å². The zero-order valence-corrected chi connectivity index (χ0v) is 8.52. The molecule has 1 aliphatic heterocycles. The summed E-state index contributed by atoms with van der Waals surface area (Å²) in [5.41, 5.74) is 0.884. The number of nitrogens with zero attached hydrogens (tertiary/aromatic N) is 2. The predicted molar refractivity (Wildman–Crippen MR) is 52.1 cm³/mol. The lowest BCUT2D eigenvalue weighted by molar-refractivity contribution is -0.143. The second-order valence-corrected chi connectivity index (χ2v) is 3.14. The number of carbonyl (C=O) groups excluding carboxylic acids is 1. The smallest absolute Gasteiger partial charge is 0.325 e. The highest BCUT2D eigenvalue weighted by Crippen LogP contribution is 2.18. The summed E-state index contributed by atoms with van der Waals surface area (Å²) >= 11 is 0. The average Bonchev–Trinajstić information content (AvgIpc) is 2.62. The van der Waals surface area contributed by atoms with E-state index in [-0.39, 0.29) is 12.5 Å². The number of aromatic nitrogens is 2. The molecular formula is C9H13N3O3. The molecule has 2 heterocycles. The maximum atomic E-state index is 11.3. The van der Waals surface area contributed by atoms with E-state index in [1.807, 2.05) is 0 Å². The molecule has 6 heteroatoms. The number of hydrogen-bond donors (Lipinski definition) is 1. The fraction of sp³-hybridized carbons (Fsp3) is 0.556. The zero-order chi connectivity index (χ0) is 10.7. The Balaban J connectivity index is 2.08. The number of carbonyl (C=O) groups is 1. The highest BCUT2D eigenvalue weighted by molar-refractivity contribution is 5.69. The van der Waals surface area contributed by atoms with Gasteiger partial charge in [0.05, 0.1) is 25.2 Å². The molecule has 15 heavy (non-hydrogen) atoms. The summed E-state index contributed by atoms with van der Waals surface area (Å²) in [4.78, 5) is 15.4. The van der Waals surface area contributed by atoms with Gasteiger partial charge < -0.3 is 19.4 Å². The lowest BCUT2D eigenvalue weighted by Gasteiger charge is -2.15. The van der Waals surface area contributed by atoms with Crippen LogP contribution in [-0.4, -0.2) is 28.9 Å². The predicted octanol–water partition coefficient (Wildman–Crippen LogP) is 0.346. The van der Waals surface area contributed by atoms with Crippen LogP contribution in [0.15, 0.2) is 6.33 Å². The van der Waals surface area contributed by atoms with E-state index in [2.05, 4.69) is 10.3 Å². The van der Waals surface area contributed by atoms with Crippen LogP contribution in [0.4, 0.5) is 5.82 Å². The number of ether oxygens (including phenoxy) is 2. The molecule has 1 aliphatic rings. The van der Waals surface area contributed by atoms with Crippen LogP contribution in [0.2, 0.25) is 0 Å². The number of fused-ring (bicyclic) bond motifs is 1. The van der Waals surface area contributed by atoms with Crippen LogP contribution in [0, 0.1) is 0 Å². The Morgan fingerprint density at radius 2 is 2.67 bits per heavy atom. The molecule has 1 aromatic heterocycles. The molecule has 0 aliphatic carbocycles. The fourth-order valence-electron chi connectivity index (χ4n) is 1.46. The van der Waals surface area contributed by atoms with Gasteiger partial charge in [-0.15, -0.1) is 0 Å². The normalized spacial score (nSPS) is 14.2. The minimum Gasteiger partial charge on any atom is -0.465 e. The molecule has 82 valence electrons. The van der Waals surface area contributed by atoms with Gasteiger partial charge in [-0.25, -0.2) is 4.98 Å². The van der Waals surface area contributed by atoms with Gasteiger partial charge in [0.2, 0.25) is 0 Å². The highest BCUT2D eigenvalue weighted by Gasteiger charge is 2.16. The molecule has 2 rings (SSSR count). The molecule has 0 fully saturated rings. The number of hydrogen-bond acceptors (Lipinski definition) is 5. The summed E-state index contributed by atoms with van der Waals surface area (Å²) in [5.74, 6) is 0.522. The molecule has 0 unspecified atom stereocenters. The number of rotatable bonds is 3. The molecule has 0 amide bonds. The molecule has 0 radical (unpaired) electrons. The van der Waals surface area contributed by atoms with Crippen LogP contribution < -0.4 is 5.32 Å². The van der Waals surface area contributed by atoms with Crippen molar-refractivity contribution in [2.75, 3.05) is 18.7 Å². The van der Waals surface area contributed by atoms with E-state index in [4.69, 9.17) is 9.47 Å². The number of anilines is 1. The van der Waals surface area contributed by atoms with Gasteiger partial charge in [-0.05, 0) is 6.92 Å². The molecule has 1 aromatic rings. The topological polar surface area (TPSA) is 65.4 Å². The van der Waals surface area contributed by atoms with Crippen LogP contribution in [0.3, 0.4) is 0 Å². The van der Waals surface area contributed by atoms with Gasteiger partial charge in [0.25, 0.3) is 0 Å². The second kappa shape index (κ2) is 4.31. The Morgan fingerprint density at radius 3 is 3.47 bits per heavy atom. The van der Waals surface area contributed by atoms with Crippen molar-refractivity contribution < 1.29 is 14.3 Å². The Hall–Kier alpha value is -1.56. The van der Waals surface area contributed by atoms with Crippen molar-refractivity contribution >= 4 is 11.8 Å². The van der Waals surface area contributed by atoms with Gasteiger partial charge in [0.1, 0.15) is 13.3 Å². The average molecular weight is 211 g/mol. The summed E-state index contributed by atoms with van der Waals surface area (Å²) < 4.78 is 11.8. The van der Waals surface area contributed by atoms with Crippen molar-refractivity contribution in [2.24, 2.45) is 0 Å². The largest absolute Gasteiger partial charge is 0.465 e. The molecule has 1 N–H and O–H groups in total. The fourth-order valence-corrected chi connectivity index (χ4v) is 1.46. The first-order valence-corrected chi connectivity index (χ1v) is 4.82. The monoisotopic (exact) mass is 211 g/mol. The van der Waals surface area contributed by atoms with Gasteiger partial charge in [-0.3, -0.25) is 4.79 Å². The van der Waals surface area contributed by atoms with Crippen molar-refractivity contribution in [2.45, 2.75) is 20.1 Å². The molecule has 0 aromatic carbocycles. The zero-order valence-electron chi connectivity index (χ0n) is 8.52. The van der Waals surface area contributed by atoms with Gasteiger partial charge in [0, 0.05) is 0 Å². The van der Waals surface area contributed by atoms with Crippen LogP contribution in [-0.2, 0) is 27.4 Å². The third-order valence-corrected chi connectivity index (χ3v) is 2.13. The maximum Gasteiger partial charge on any atom is 0.325 e. The Morgan fingerprint density at radius 1 is 1.80 bits per heavy atom. The standard InChI is InChI=1S/C9H13N3O3/c1-2-15-8(13)3-12-5-10-9-7(12)4-14-6-11-9/h5,11H,2-4,6H2,1H3. The lowest BCUT2D eigenvalue weighted by atomic mass is 10.4. The maximum absolute atomic E-state index is 11.3. The molecule has 0 bridgehead atoms. The van der Waals surface area contributed by atoms with E-state index >= 15 is 0 Å². The van der Waals surface area contributed by atoms with Gasteiger partial charge in [-0.1, -0.05) is 0 Å². The van der Waals surface area contributed by atoms with E-state index in [1.165, 1.54) is 0 Å². The van der Waals surface area contributed by atoms with Crippen molar-refractivity contribution in [3.8, 4) is 0 Å². The molecular weight excluding hydrogens is 198 g/mol. The van der Waals surface area contributed by atoms with E-state index in [9.17, 15) is 4.79 Å². The van der Waals surface area contributed by atoms with Gasteiger partial charge >= 0.3 is 5.97 Å². The van der Waals surface area contributed by atoms with Crippen LogP contribution in [0.1, 0.15) is 12.6 Å². The molecule has 0 saturated heterocycles. The molecule has 6 nitrogen and oxygen atoms in total. The molecule has 0 atom stereocenters. The first-order chi connectivity index (χ1) is 7.31. The summed E-state index contributed by atoms with van der Waals surface area (Å²) in [7, 11) is 0. The Labute approximate surface area is 87.2 Å². The number of imidazole rings is 1. The van der Waals surface area contributed by atoms with Crippen molar-refractivity contribution in [1.82, 2.24) is 9.55 Å². The molecule has 0 spiro atoms. The Bertz CT molecular complexity index is 361. The second-order valence-electron chi connectivity index (χ2n) is 3.14. The summed E-state index contributed by atoms with van der Waals surface area (Å²) in [5, 5.41) is 2.98. The van der Waals surface area contributed by atoms with Crippen LogP contribution >= 0.6 is 0 Å². The van der Waals surface area contributed by atoms with Crippen LogP contribution in [0.5, 0.6) is 0 Å². The quantitative estimate of drug-likeness (QED) is 0.730. The van der Waals surface area contributed by atoms with E-state index in [1.54, 1.807) is 17.8 Å². The van der Waals surface area contributed by atoms with Gasteiger partial charge in [-0.2, -0.15) is 0 Å². The van der Waals surface area contributed by atoms with Crippen molar-refractivity contribution in [3.63, 3.8) is 0 Å². The lowest BCUT2D eigenvalue weighted by Crippen LogP contribution is -2.19. The van der Waals surface area contributed by atoms with Crippen LogP contribution in [0.25, 0.3) is 0 Å². The first-order valence-electron chi connectivity index (χ1n) is 4.82. The van der Waals surface area contributed by atoms with E-state index < -0.39 is 0 Å². The minimum atomic E-state index is -0.261. The molecule has 0 saturated carbocycles. The highest BCUT2D eigenvalue weighted by atomic mass is 16.5. The van der Waals surface area contributed by atoms with E-state index in [0.717, 1.165) is 11.5 Å². The number of nitrogens with one attached hydrogen (secondary N) is 1. The number of esters is 1. The first kappa shape index (κ1) is 9.97. The van der Waals surface area contributed by atoms with Crippen molar-refractivity contribution in [3.05, 3.63) is 12.0 Å². The summed E-state index contributed by atoms with van der Waals surface area (Å²) in [6.07, 6.45) is 1.61. The summed E-state index contributed by atoms with van der Waals surface area (Å²) in [6.45, 7) is 3.29. The summed E-state index contributed by atoms with van der Waals surface area (Å²) in [6, 6.07) is 0.